The van der Waals surface area contributed by atoms with Gasteiger partial charge in [-0.15, -0.1) is 11.3 Å². The Hall–Kier alpha value is -2.53. The summed E-state index contributed by atoms with van der Waals surface area (Å²) in [7, 11) is 2.11. The topological polar surface area (TPSA) is 107 Å². The number of carbonyl (C=O) groups excluding carboxylic acids is 2. The van der Waals surface area contributed by atoms with E-state index >= 15 is 0 Å². The van der Waals surface area contributed by atoms with E-state index < -0.39 is 5.91 Å². The van der Waals surface area contributed by atoms with Crippen LogP contribution in [0.5, 0.6) is 0 Å². The second kappa shape index (κ2) is 12.8. The monoisotopic (exact) mass is 548 g/mol. The summed E-state index contributed by atoms with van der Waals surface area (Å²) in [5, 5.41) is 4.37. The molecule has 0 unspecified atom stereocenters. The van der Waals surface area contributed by atoms with Gasteiger partial charge in [0.15, 0.2) is 5.01 Å². The van der Waals surface area contributed by atoms with E-state index in [0.717, 1.165) is 68.8 Å². The average Bonchev–Trinajstić information content (AvgIpc) is 3.37. The molecule has 2 aliphatic heterocycles. The average molecular weight is 549 g/mol. The zero-order chi connectivity index (χ0) is 26.4. The van der Waals surface area contributed by atoms with Crippen LogP contribution in [0.3, 0.4) is 0 Å². The Morgan fingerprint density at radius 3 is 2.95 bits per heavy atom. The van der Waals surface area contributed by atoms with Crippen molar-refractivity contribution in [3.8, 4) is 0 Å². The van der Waals surface area contributed by atoms with Crippen molar-refractivity contribution in [1.82, 2.24) is 25.1 Å². The molecule has 2 aromatic heterocycles. The second-order valence-corrected chi connectivity index (χ2v) is 11.2. The van der Waals surface area contributed by atoms with Crippen molar-refractivity contribution in [1.29, 1.82) is 0 Å². The highest BCUT2D eigenvalue weighted by atomic mass is 35.5. The van der Waals surface area contributed by atoms with Gasteiger partial charge in [0.1, 0.15) is 12.4 Å². The van der Waals surface area contributed by atoms with Gasteiger partial charge in [-0.05, 0) is 76.0 Å². The highest BCUT2D eigenvalue weighted by Crippen LogP contribution is 2.25. The van der Waals surface area contributed by atoms with Crippen molar-refractivity contribution >= 4 is 40.8 Å². The summed E-state index contributed by atoms with van der Waals surface area (Å²) in [4.78, 5) is 36.5. The van der Waals surface area contributed by atoms with Gasteiger partial charge in [0, 0.05) is 41.3 Å². The molecule has 0 radical (unpaired) electrons. The first-order valence-corrected chi connectivity index (χ1v) is 13.8. The number of aromatic amines is 1. The fourth-order valence-electron chi connectivity index (χ4n) is 4.79. The number of halogens is 2. The van der Waals surface area contributed by atoms with Crippen molar-refractivity contribution in [3.63, 3.8) is 0 Å². The third-order valence-electron chi connectivity index (χ3n) is 6.71. The number of nitrogens with two attached hydrogens (primary N) is 1. The van der Waals surface area contributed by atoms with Gasteiger partial charge < -0.3 is 20.9 Å². The molecular weight excluding hydrogens is 515 g/mol. The highest BCUT2D eigenvalue weighted by molar-refractivity contribution is 7.13. The Balaban J connectivity index is 0.000000195. The fourth-order valence-corrected chi connectivity index (χ4v) is 6.02. The molecule has 0 spiro atoms. The molecule has 1 atom stereocenters. The minimum atomic E-state index is -0.443. The van der Waals surface area contributed by atoms with Gasteiger partial charge in [-0.1, -0.05) is 17.7 Å². The molecule has 0 bridgehead atoms. The summed E-state index contributed by atoms with van der Waals surface area (Å²) < 4.78 is 12.5. The van der Waals surface area contributed by atoms with Gasteiger partial charge in [-0.25, -0.2) is 9.37 Å². The van der Waals surface area contributed by atoms with Crippen LogP contribution in [0, 0.1) is 0 Å². The number of aryl methyl sites for hydroxylation is 1. The summed E-state index contributed by atoms with van der Waals surface area (Å²) >= 11 is 7.36. The third kappa shape index (κ3) is 7.50. The van der Waals surface area contributed by atoms with Crippen LogP contribution in [0.25, 0.3) is 6.08 Å². The van der Waals surface area contributed by atoms with E-state index in [-0.39, 0.29) is 18.6 Å². The first-order valence-electron chi connectivity index (χ1n) is 12.6. The lowest BCUT2D eigenvalue weighted by Crippen LogP contribution is -2.48. The van der Waals surface area contributed by atoms with Gasteiger partial charge in [0.05, 0.1) is 5.69 Å². The first-order chi connectivity index (χ1) is 17.8. The number of fused-ring (bicyclic) bond motifs is 2. The number of likely N-dealkylation sites (tertiary alicyclic amines) is 1. The zero-order valence-corrected chi connectivity index (χ0v) is 22.6. The molecule has 200 valence electrons. The number of carbonyl (C=O) groups is 2. The van der Waals surface area contributed by atoms with Crippen molar-refractivity contribution < 1.29 is 14.0 Å². The normalized spacial score (nSPS) is 20.0. The zero-order valence-electron chi connectivity index (χ0n) is 21.1. The van der Waals surface area contributed by atoms with Gasteiger partial charge in [0.25, 0.3) is 11.8 Å². The molecule has 2 amide bonds. The van der Waals surface area contributed by atoms with Crippen LogP contribution in [-0.4, -0.2) is 77.5 Å². The number of thiazole rings is 1. The quantitative estimate of drug-likeness (QED) is 0.530. The van der Waals surface area contributed by atoms with E-state index in [1.807, 2.05) is 12.2 Å². The molecule has 8 nitrogen and oxygen atoms in total. The number of amides is 2. The lowest BCUT2D eigenvalue weighted by Gasteiger charge is -2.32. The Morgan fingerprint density at radius 1 is 1.32 bits per heavy atom. The molecule has 0 saturated carbocycles. The molecule has 1 saturated heterocycles. The maximum Gasteiger partial charge on any atom is 0.280 e. The molecule has 37 heavy (non-hydrogen) atoms. The van der Waals surface area contributed by atoms with Crippen molar-refractivity contribution in [3.05, 3.63) is 55.8 Å². The molecule has 1 fully saturated rings. The smallest absolute Gasteiger partial charge is 0.280 e. The molecule has 2 aromatic rings. The lowest BCUT2D eigenvalue weighted by molar-refractivity contribution is 0.0900. The van der Waals surface area contributed by atoms with Crippen LogP contribution in [-0.2, 0) is 19.4 Å². The molecule has 4 heterocycles. The van der Waals surface area contributed by atoms with E-state index in [1.165, 1.54) is 16.2 Å². The Bertz CT molecular complexity index is 1170. The summed E-state index contributed by atoms with van der Waals surface area (Å²) in [5.41, 5.74) is 8.61. The van der Waals surface area contributed by atoms with Crippen LogP contribution in [0.15, 0.2) is 23.3 Å². The van der Waals surface area contributed by atoms with Crippen LogP contribution in [0.1, 0.15) is 61.4 Å². The second-order valence-electron chi connectivity index (χ2n) is 9.65. The van der Waals surface area contributed by atoms with E-state index in [9.17, 15) is 14.0 Å². The fraction of sp³-hybridized carbons (Fsp3) is 0.500. The maximum absolute atomic E-state index is 12.5. The largest absolute Gasteiger partial charge is 0.364 e. The number of hydrogen-bond donors (Lipinski definition) is 3. The summed E-state index contributed by atoms with van der Waals surface area (Å²) in [6.45, 7) is 3.76. The van der Waals surface area contributed by atoms with Crippen LogP contribution in [0.2, 0.25) is 0 Å². The third-order valence-corrected chi connectivity index (χ3v) is 8.07. The number of primary amides is 1. The van der Waals surface area contributed by atoms with Crippen LogP contribution in [0.4, 0.5) is 4.39 Å². The van der Waals surface area contributed by atoms with Crippen LogP contribution >= 0.6 is 22.9 Å². The summed E-state index contributed by atoms with van der Waals surface area (Å²) in [5.74, 6) is -0.514. The van der Waals surface area contributed by atoms with Gasteiger partial charge in [-0.3, -0.25) is 14.5 Å². The number of alkyl halides is 1. The molecule has 5 rings (SSSR count). The number of allylic oxidation sites excluding steroid dienone is 3. The van der Waals surface area contributed by atoms with Gasteiger partial charge in [-0.2, -0.15) is 0 Å². The van der Waals surface area contributed by atoms with E-state index in [0.29, 0.717) is 28.7 Å². The molecule has 11 heteroatoms. The van der Waals surface area contributed by atoms with Crippen molar-refractivity contribution in [2.45, 2.75) is 44.7 Å². The van der Waals surface area contributed by atoms with Crippen molar-refractivity contribution in [2.75, 3.05) is 39.9 Å². The Kier molecular flexibility index (Phi) is 9.53. The lowest BCUT2D eigenvalue weighted by atomic mass is 10.1. The number of hydrogen-bond acceptors (Lipinski definition) is 6. The van der Waals surface area contributed by atoms with E-state index in [1.54, 1.807) is 12.1 Å². The number of rotatable bonds is 5. The number of piperidine rings is 1. The first kappa shape index (κ1) is 27.5. The molecule has 0 aromatic carbocycles. The molecule has 1 aliphatic carbocycles. The highest BCUT2D eigenvalue weighted by Gasteiger charge is 2.25. The minimum Gasteiger partial charge on any atom is -0.364 e. The molecule has 4 N–H and O–H groups in total. The predicted molar refractivity (Wildman–Crippen MR) is 146 cm³/mol. The maximum atomic E-state index is 12.5. The Morgan fingerprint density at radius 2 is 2.16 bits per heavy atom. The summed E-state index contributed by atoms with van der Waals surface area (Å²) in [6, 6.07) is 1.86. The summed E-state index contributed by atoms with van der Waals surface area (Å²) in [6.07, 6.45) is 10.2. The van der Waals surface area contributed by atoms with Gasteiger partial charge in [0.2, 0.25) is 0 Å². The molecule has 3 aliphatic rings. The standard InChI is InChI=1S/C16H25FN4OS.C10H9ClN2O/c1-20-7-3-5-13-14(11-20)23-16(19-13)15(22)18-12-4-2-8-21(10-12)9-6-17;11-7-2-1-6-5-9(10(12)14)13-8(6)4-3-7/h12H,2-11H2,1H3,(H,18,22);2-5,13H,1H2,(H2,12,14)/t12-;/m0./s1. The Labute approximate surface area is 225 Å². The SMILES string of the molecule is CN1CCCc2nc(C(=O)N[C@H]3CCCN(CCF)C3)sc2C1.NC(=O)c1cc2c([nH]1)C=CC(Cl)=CC2. The predicted octanol–water partition coefficient (Wildman–Crippen LogP) is 3.49. The molecular formula is C26H34ClFN6O2S. The minimum absolute atomic E-state index is 0.0715. The van der Waals surface area contributed by atoms with E-state index in [2.05, 4.69) is 32.1 Å². The number of nitrogens with zero attached hydrogens (tertiary/aromatic N) is 3. The number of H-pyrrole nitrogens is 1. The van der Waals surface area contributed by atoms with E-state index in [4.69, 9.17) is 17.3 Å². The van der Waals surface area contributed by atoms with Crippen LogP contribution < -0.4 is 11.1 Å². The number of aromatic nitrogens is 2. The van der Waals surface area contributed by atoms with Gasteiger partial charge >= 0.3 is 0 Å². The number of nitrogens with one attached hydrogen (secondary N) is 2. The van der Waals surface area contributed by atoms with Crippen molar-refractivity contribution in [2.24, 2.45) is 5.73 Å².